The maximum Gasteiger partial charge on any atom is 0.0282 e. The van der Waals surface area contributed by atoms with Crippen LogP contribution in [0.1, 0.15) is 39.5 Å². The molecule has 0 spiro atoms. The van der Waals surface area contributed by atoms with E-state index in [0.717, 1.165) is 11.8 Å². The standard InChI is InChI=1S/C14H25NS/c1-11-6-12(2)8-13(7-11)9-15-10-14(16-3)4-5-14/h6,11,13,15H,4-5,7-10H2,1-3H3. The molecule has 92 valence electrons. The zero-order chi connectivity index (χ0) is 11.6. The van der Waals surface area contributed by atoms with Crippen molar-refractivity contribution in [3.8, 4) is 0 Å². The predicted octanol–water partition coefficient (Wildman–Crippen LogP) is 3.46. The second-order valence-electron chi connectivity index (χ2n) is 5.81. The van der Waals surface area contributed by atoms with E-state index < -0.39 is 0 Å². The number of thioether (sulfide) groups is 1. The van der Waals surface area contributed by atoms with Gasteiger partial charge in [0, 0.05) is 11.3 Å². The summed E-state index contributed by atoms with van der Waals surface area (Å²) in [5.41, 5.74) is 1.59. The molecule has 16 heavy (non-hydrogen) atoms. The molecule has 0 amide bonds. The fourth-order valence-corrected chi connectivity index (χ4v) is 3.70. The van der Waals surface area contributed by atoms with Gasteiger partial charge in [-0.25, -0.2) is 0 Å². The molecule has 0 heterocycles. The summed E-state index contributed by atoms with van der Waals surface area (Å²) in [7, 11) is 0. The van der Waals surface area contributed by atoms with Crippen molar-refractivity contribution in [3.63, 3.8) is 0 Å². The maximum absolute atomic E-state index is 3.70. The Bertz CT molecular complexity index is 268. The smallest absolute Gasteiger partial charge is 0.0282 e. The molecule has 2 rings (SSSR count). The third-order valence-corrected chi connectivity index (χ3v) is 5.42. The van der Waals surface area contributed by atoms with Crippen LogP contribution in [0.15, 0.2) is 11.6 Å². The Kier molecular flexibility index (Phi) is 4.01. The second-order valence-corrected chi connectivity index (χ2v) is 7.09. The lowest BCUT2D eigenvalue weighted by atomic mass is 9.84. The number of rotatable bonds is 5. The Morgan fingerprint density at radius 3 is 2.81 bits per heavy atom. The highest BCUT2D eigenvalue weighted by Gasteiger charge is 2.41. The Labute approximate surface area is 104 Å². The van der Waals surface area contributed by atoms with Crippen molar-refractivity contribution in [2.75, 3.05) is 19.3 Å². The molecule has 0 aromatic rings. The first-order chi connectivity index (χ1) is 7.63. The van der Waals surface area contributed by atoms with E-state index in [9.17, 15) is 0 Å². The van der Waals surface area contributed by atoms with Crippen LogP contribution in [0, 0.1) is 11.8 Å². The van der Waals surface area contributed by atoms with Crippen molar-refractivity contribution in [2.45, 2.75) is 44.3 Å². The molecule has 0 aromatic heterocycles. The Morgan fingerprint density at radius 1 is 1.50 bits per heavy atom. The van der Waals surface area contributed by atoms with Crippen LogP contribution in [0.25, 0.3) is 0 Å². The van der Waals surface area contributed by atoms with Crippen LogP contribution >= 0.6 is 11.8 Å². The van der Waals surface area contributed by atoms with Crippen LogP contribution in [-0.4, -0.2) is 24.1 Å². The normalized spacial score (nSPS) is 32.3. The monoisotopic (exact) mass is 239 g/mol. The molecule has 0 bridgehead atoms. The Hall–Kier alpha value is 0.0500. The number of nitrogens with one attached hydrogen (secondary N) is 1. The van der Waals surface area contributed by atoms with E-state index in [4.69, 9.17) is 0 Å². The van der Waals surface area contributed by atoms with Gasteiger partial charge in [0.1, 0.15) is 0 Å². The number of hydrogen-bond acceptors (Lipinski definition) is 2. The lowest BCUT2D eigenvalue weighted by molar-refractivity contribution is 0.381. The van der Waals surface area contributed by atoms with Crippen molar-refractivity contribution in [2.24, 2.45) is 11.8 Å². The summed E-state index contributed by atoms with van der Waals surface area (Å²) >= 11 is 2.05. The quantitative estimate of drug-likeness (QED) is 0.737. The average Bonchev–Trinajstić information content (AvgIpc) is 2.97. The fraction of sp³-hybridized carbons (Fsp3) is 0.857. The first kappa shape index (κ1) is 12.5. The van der Waals surface area contributed by atoms with E-state index in [2.05, 4.69) is 43.3 Å². The summed E-state index contributed by atoms with van der Waals surface area (Å²) in [4.78, 5) is 0. The molecule has 2 aliphatic carbocycles. The van der Waals surface area contributed by atoms with Crippen LogP contribution in [0.2, 0.25) is 0 Å². The highest BCUT2D eigenvalue weighted by atomic mass is 32.2. The maximum atomic E-state index is 3.70. The highest BCUT2D eigenvalue weighted by molar-refractivity contribution is 8.00. The van der Waals surface area contributed by atoms with Gasteiger partial charge in [-0.05, 0) is 57.2 Å². The molecule has 1 N–H and O–H groups in total. The van der Waals surface area contributed by atoms with Gasteiger partial charge in [-0.2, -0.15) is 11.8 Å². The molecular weight excluding hydrogens is 214 g/mol. The molecule has 0 aromatic carbocycles. The summed E-state index contributed by atoms with van der Waals surface area (Å²) in [6.45, 7) is 7.08. The van der Waals surface area contributed by atoms with Gasteiger partial charge in [-0.3, -0.25) is 0 Å². The topological polar surface area (TPSA) is 12.0 Å². The lowest BCUT2D eigenvalue weighted by Crippen LogP contribution is -2.32. The van der Waals surface area contributed by atoms with Gasteiger partial charge < -0.3 is 5.32 Å². The van der Waals surface area contributed by atoms with E-state index in [1.165, 1.54) is 38.8 Å². The van der Waals surface area contributed by atoms with Crippen molar-refractivity contribution >= 4 is 11.8 Å². The number of allylic oxidation sites excluding steroid dienone is 2. The van der Waals surface area contributed by atoms with Crippen LogP contribution in [0.5, 0.6) is 0 Å². The third-order valence-electron chi connectivity index (χ3n) is 4.01. The fourth-order valence-electron chi connectivity index (χ4n) is 2.94. The number of hydrogen-bond donors (Lipinski definition) is 1. The SMILES string of the molecule is CSC1(CNCC2CC(C)=CC(C)C2)CC1. The molecule has 0 saturated heterocycles. The second kappa shape index (κ2) is 5.14. The summed E-state index contributed by atoms with van der Waals surface area (Å²) in [5, 5.41) is 3.70. The van der Waals surface area contributed by atoms with Crippen molar-refractivity contribution in [1.29, 1.82) is 0 Å². The van der Waals surface area contributed by atoms with Gasteiger partial charge in [0.2, 0.25) is 0 Å². The van der Waals surface area contributed by atoms with Gasteiger partial charge in [-0.1, -0.05) is 18.6 Å². The summed E-state index contributed by atoms with van der Waals surface area (Å²) in [6, 6.07) is 0. The van der Waals surface area contributed by atoms with Crippen LogP contribution in [0.4, 0.5) is 0 Å². The molecule has 2 atom stereocenters. The first-order valence-corrected chi connectivity index (χ1v) is 7.79. The van der Waals surface area contributed by atoms with Crippen LogP contribution in [0.3, 0.4) is 0 Å². The van der Waals surface area contributed by atoms with E-state index in [-0.39, 0.29) is 0 Å². The molecule has 1 nitrogen and oxygen atoms in total. The van der Waals surface area contributed by atoms with E-state index >= 15 is 0 Å². The van der Waals surface area contributed by atoms with Gasteiger partial charge in [-0.15, -0.1) is 0 Å². The van der Waals surface area contributed by atoms with Crippen LogP contribution in [-0.2, 0) is 0 Å². The highest BCUT2D eigenvalue weighted by Crippen LogP contribution is 2.46. The largest absolute Gasteiger partial charge is 0.315 e. The molecule has 2 aliphatic rings. The van der Waals surface area contributed by atoms with E-state index in [0.29, 0.717) is 4.75 Å². The Morgan fingerprint density at radius 2 is 2.25 bits per heavy atom. The minimum absolute atomic E-state index is 0.616. The average molecular weight is 239 g/mol. The minimum Gasteiger partial charge on any atom is -0.315 e. The molecule has 2 heteroatoms. The van der Waals surface area contributed by atoms with Gasteiger partial charge in [0.05, 0.1) is 0 Å². The van der Waals surface area contributed by atoms with Gasteiger partial charge in [0.25, 0.3) is 0 Å². The van der Waals surface area contributed by atoms with Gasteiger partial charge >= 0.3 is 0 Å². The minimum atomic E-state index is 0.616. The van der Waals surface area contributed by atoms with Crippen molar-refractivity contribution in [1.82, 2.24) is 5.32 Å². The summed E-state index contributed by atoms with van der Waals surface area (Å²) in [5.74, 6) is 1.66. The zero-order valence-electron chi connectivity index (χ0n) is 10.9. The molecule has 1 saturated carbocycles. The molecule has 0 aliphatic heterocycles. The third kappa shape index (κ3) is 3.27. The molecule has 2 unspecified atom stereocenters. The van der Waals surface area contributed by atoms with Crippen molar-refractivity contribution in [3.05, 3.63) is 11.6 Å². The van der Waals surface area contributed by atoms with Gasteiger partial charge in [0.15, 0.2) is 0 Å². The predicted molar refractivity (Wildman–Crippen MR) is 74.0 cm³/mol. The van der Waals surface area contributed by atoms with E-state index in [1.807, 2.05) is 0 Å². The lowest BCUT2D eigenvalue weighted by Gasteiger charge is -2.26. The summed E-state index contributed by atoms with van der Waals surface area (Å²) in [6.07, 6.45) is 10.2. The molecular formula is C14H25NS. The van der Waals surface area contributed by atoms with E-state index in [1.54, 1.807) is 5.57 Å². The van der Waals surface area contributed by atoms with Crippen molar-refractivity contribution < 1.29 is 0 Å². The first-order valence-electron chi connectivity index (χ1n) is 6.57. The molecule has 0 radical (unpaired) electrons. The zero-order valence-corrected chi connectivity index (χ0v) is 11.7. The Balaban J connectivity index is 1.69. The van der Waals surface area contributed by atoms with Crippen LogP contribution < -0.4 is 5.32 Å². The molecule has 1 fully saturated rings. The summed E-state index contributed by atoms with van der Waals surface area (Å²) < 4.78 is 0.616.